The molecule has 0 aromatic carbocycles. The summed E-state index contributed by atoms with van der Waals surface area (Å²) in [5.74, 6) is 0. The molecule has 1 aliphatic rings. The first-order valence-corrected chi connectivity index (χ1v) is 12.3. The zero-order valence-electron chi connectivity index (χ0n) is 10.7. The molecule has 15 heavy (non-hydrogen) atoms. The van der Waals surface area contributed by atoms with Crippen molar-refractivity contribution in [3.8, 4) is 0 Å². The molecule has 1 atom stereocenters. The predicted octanol–water partition coefficient (Wildman–Crippen LogP) is 3.51. The fourth-order valence-corrected chi connectivity index (χ4v) is 5.81. The second-order valence-corrected chi connectivity index (χ2v) is 13.3. The van der Waals surface area contributed by atoms with Gasteiger partial charge in [-0.3, -0.25) is 0 Å². The molecule has 0 aromatic rings. The zero-order valence-corrected chi connectivity index (χ0v) is 12.9. The van der Waals surface area contributed by atoms with E-state index in [2.05, 4.69) is 51.0 Å². The van der Waals surface area contributed by atoms with E-state index in [0.29, 0.717) is 5.73 Å². The summed E-state index contributed by atoms with van der Waals surface area (Å²) in [5, 5.41) is 0. The topological polar surface area (TPSA) is 9.23 Å². The highest BCUT2D eigenvalue weighted by molar-refractivity contribution is 6.71. The van der Waals surface area contributed by atoms with E-state index in [4.69, 9.17) is 4.43 Å². The van der Waals surface area contributed by atoms with Crippen LogP contribution in [0.15, 0.2) is 23.8 Å². The van der Waals surface area contributed by atoms with Gasteiger partial charge in [-0.1, -0.05) is 31.3 Å². The molecular formula is C12H24OSi2. The van der Waals surface area contributed by atoms with Crippen LogP contribution in [0, 0.1) is 0 Å². The van der Waals surface area contributed by atoms with Gasteiger partial charge in [0, 0.05) is 5.73 Å². The summed E-state index contributed by atoms with van der Waals surface area (Å²) in [7, 11) is -2.08. The normalized spacial score (nSPS) is 18.4. The van der Waals surface area contributed by atoms with Crippen molar-refractivity contribution in [2.24, 2.45) is 0 Å². The molecule has 0 saturated heterocycles. The SMILES string of the molecule is C[SiH](C)C(CC1=CCC=C1)O[Si](C)(C)C. The highest BCUT2D eigenvalue weighted by Gasteiger charge is 2.24. The smallest absolute Gasteiger partial charge is 0.183 e. The van der Waals surface area contributed by atoms with E-state index in [1.54, 1.807) is 0 Å². The van der Waals surface area contributed by atoms with Crippen molar-refractivity contribution in [3.05, 3.63) is 23.8 Å². The van der Waals surface area contributed by atoms with Crippen LogP contribution in [-0.2, 0) is 4.43 Å². The first-order valence-electron chi connectivity index (χ1n) is 5.92. The Hall–Kier alpha value is -0.126. The maximum atomic E-state index is 6.29. The molecule has 0 radical (unpaired) electrons. The summed E-state index contributed by atoms with van der Waals surface area (Å²) in [5.41, 5.74) is 2.02. The highest BCUT2D eigenvalue weighted by Crippen LogP contribution is 2.20. The maximum Gasteiger partial charge on any atom is 0.183 e. The third-order valence-electron chi connectivity index (χ3n) is 2.53. The predicted molar refractivity (Wildman–Crippen MR) is 73.6 cm³/mol. The average molecular weight is 240 g/mol. The Morgan fingerprint density at radius 1 is 1.40 bits per heavy atom. The molecule has 0 spiro atoms. The maximum absolute atomic E-state index is 6.29. The minimum Gasteiger partial charge on any atom is -0.418 e. The minimum absolute atomic E-state index is 0.533. The van der Waals surface area contributed by atoms with Crippen molar-refractivity contribution in [1.29, 1.82) is 0 Å². The van der Waals surface area contributed by atoms with Gasteiger partial charge in [-0.2, -0.15) is 0 Å². The Labute approximate surface area is 97.0 Å². The van der Waals surface area contributed by atoms with Crippen LogP contribution in [0.2, 0.25) is 32.7 Å². The first kappa shape index (κ1) is 12.9. The van der Waals surface area contributed by atoms with Gasteiger partial charge in [0.2, 0.25) is 0 Å². The molecule has 0 heterocycles. The number of hydrogen-bond donors (Lipinski definition) is 0. The van der Waals surface area contributed by atoms with Crippen LogP contribution < -0.4 is 0 Å². The van der Waals surface area contributed by atoms with Crippen LogP contribution >= 0.6 is 0 Å². The highest BCUT2D eigenvalue weighted by atomic mass is 28.4. The largest absolute Gasteiger partial charge is 0.418 e. The lowest BCUT2D eigenvalue weighted by atomic mass is 10.2. The summed E-state index contributed by atoms with van der Waals surface area (Å²) in [6.45, 7) is 11.6. The van der Waals surface area contributed by atoms with Gasteiger partial charge < -0.3 is 4.43 Å². The van der Waals surface area contributed by atoms with Gasteiger partial charge in [0.1, 0.15) is 0 Å². The summed E-state index contributed by atoms with van der Waals surface area (Å²) >= 11 is 0. The minimum atomic E-state index is -1.37. The standard InChI is InChI=1S/C12H24OSi2/c1-14(2)12(13-15(3,4)5)10-11-8-6-7-9-11/h6,8-9,12,14H,7,10H2,1-5H3. The van der Waals surface area contributed by atoms with E-state index in [9.17, 15) is 0 Å². The molecule has 1 rings (SSSR count). The van der Waals surface area contributed by atoms with Crippen molar-refractivity contribution in [2.45, 2.75) is 51.3 Å². The molecule has 0 N–H and O–H groups in total. The zero-order chi connectivity index (χ0) is 11.5. The van der Waals surface area contributed by atoms with Crippen molar-refractivity contribution in [1.82, 2.24) is 0 Å². The van der Waals surface area contributed by atoms with E-state index >= 15 is 0 Å². The van der Waals surface area contributed by atoms with Gasteiger partial charge >= 0.3 is 0 Å². The summed E-state index contributed by atoms with van der Waals surface area (Å²) in [4.78, 5) is 0. The Kier molecular flexibility index (Phi) is 4.55. The van der Waals surface area contributed by atoms with Crippen LogP contribution in [0.1, 0.15) is 12.8 Å². The molecule has 0 amide bonds. The molecule has 86 valence electrons. The fourth-order valence-electron chi connectivity index (χ4n) is 1.76. The second kappa shape index (κ2) is 5.28. The summed E-state index contributed by atoms with van der Waals surface area (Å²) < 4.78 is 6.29. The third-order valence-corrected chi connectivity index (χ3v) is 5.67. The van der Waals surface area contributed by atoms with Crippen molar-refractivity contribution >= 4 is 17.1 Å². The second-order valence-electron chi connectivity index (χ2n) is 5.63. The average Bonchev–Trinajstić information content (AvgIpc) is 2.52. The van der Waals surface area contributed by atoms with E-state index in [0.717, 1.165) is 12.8 Å². The summed E-state index contributed by atoms with van der Waals surface area (Å²) in [6, 6.07) is 0. The van der Waals surface area contributed by atoms with Gasteiger partial charge in [0.05, 0.1) is 8.80 Å². The van der Waals surface area contributed by atoms with Gasteiger partial charge in [-0.15, -0.1) is 0 Å². The van der Waals surface area contributed by atoms with Gasteiger partial charge in [0.25, 0.3) is 0 Å². The van der Waals surface area contributed by atoms with Crippen molar-refractivity contribution < 1.29 is 4.43 Å². The van der Waals surface area contributed by atoms with E-state index < -0.39 is 17.1 Å². The molecule has 0 saturated carbocycles. The first-order chi connectivity index (χ1) is 6.88. The van der Waals surface area contributed by atoms with Gasteiger partial charge in [-0.25, -0.2) is 0 Å². The molecule has 3 heteroatoms. The molecule has 1 aliphatic carbocycles. The Balaban J connectivity index is 2.54. The van der Waals surface area contributed by atoms with Crippen LogP contribution in [0.3, 0.4) is 0 Å². The lowest BCUT2D eigenvalue weighted by Gasteiger charge is -2.29. The molecule has 0 aromatic heterocycles. The Morgan fingerprint density at radius 3 is 2.47 bits per heavy atom. The molecular weight excluding hydrogens is 216 g/mol. The molecule has 1 unspecified atom stereocenters. The third kappa shape index (κ3) is 4.95. The monoisotopic (exact) mass is 240 g/mol. The Bertz CT molecular complexity index is 261. The molecule has 1 nitrogen and oxygen atoms in total. The van der Waals surface area contributed by atoms with Gasteiger partial charge in [0.15, 0.2) is 8.32 Å². The molecule has 0 fully saturated rings. The molecule has 0 aliphatic heterocycles. The van der Waals surface area contributed by atoms with Crippen LogP contribution in [0.25, 0.3) is 0 Å². The van der Waals surface area contributed by atoms with Gasteiger partial charge in [-0.05, 0) is 38.1 Å². The Morgan fingerprint density at radius 2 is 2.07 bits per heavy atom. The lowest BCUT2D eigenvalue weighted by Crippen LogP contribution is -2.39. The van der Waals surface area contributed by atoms with Crippen molar-refractivity contribution in [2.75, 3.05) is 0 Å². The van der Waals surface area contributed by atoms with E-state index in [-0.39, 0.29) is 0 Å². The van der Waals surface area contributed by atoms with Crippen LogP contribution in [0.4, 0.5) is 0 Å². The summed E-state index contributed by atoms with van der Waals surface area (Å²) in [6.07, 6.45) is 9.09. The number of rotatable bonds is 5. The number of hydrogen-bond acceptors (Lipinski definition) is 1. The number of allylic oxidation sites excluding steroid dienone is 3. The van der Waals surface area contributed by atoms with Crippen molar-refractivity contribution in [3.63, 3.8) is 0 Å². The van der Waals surface area contributed by atoms with E-state index in [1.165, 1.54) is 5.57 Å². The molecule has 0 bridgehead atoms. The van der Waals surface area contributed by atoms with E-state index in [1.807, 2.05) is 0 Å². The quantitative estimate of drug-likeness (QED) is 0.668. The van der Waals surface area contributed by atoms with Crippen LogP contribution in [0.5, 0.6) is 0 Å². The van der Waals surface area contributed by atoms with Crippen LogP contribution in [-0.4, -0.2) is 22.8 Å². The fraction of sp³-hybridized carbons (Fsp3) is 0.667. The lowest BCUT2D eigenvalue weighted by molar-refractivity contribution is 0.268.